The van der Waals surface area contributed by atoms with Crippen molar-refractivity contribution in [3.63, 3.8) is 0 Å². The third-order valence-corrected chi connectivity index (χ3v) is 5.13. The summed E-state index contributed by atoms with van der Waals surface area (Å²) in [6.07, 6.45) is 3.09. The van der Waals surface area contributed by atoms with Gasteiger partial charge in [0.15, 0.2) is 11.6 Å². The molecule has 0 amide bonds. The number of nitrogens with zero attached hydrogens (tertiary/aromatic N) is 2. The van der Waals surface area contributed by atoms with Crippen LogP contribution in [-0.2, 0) is 13.1 Å². The molecule has 0 unspecified atom stereocenters. The number of benzene rings is 2. The Hall–Kier alpha value is -2.66. The number of halogens is 2. The minimum atomic E-state index is -0.812. The molecule has 0 N–H and O–H groups in total. The molecule has 0 radical (unpaired) electrons. The summed E-state index contributed by atoms with van der Waals surface area (Å²) < 4.78 is 34.7. The van der Waals surface area contributed by atoms with Crippen LogP contribution in [0.3, 0.4) is 0 Å². The first-order valence-corrected chi connectivity index (χ1v) is 9.12. The van der Waals surface area contributed by atoms with E-state index in [0.717, 1.165) is 36.4 Å². The highest BCUT2D eigenvalue weighted by molar-refractivity contribution is 5.36. The summed E-state index contributed by atoms with van der Waals surface area (Å²) in [7, 11) is 1.66. The third-order valence-electron chi connectivity index (χ3n) is 5.13. The number of rotatable bonds is 4. The van der Waals surface area contributed by atoms with Crippen molar-refractivity contribution in [3.05, 3.63) is 89.2 Å². The fraction of sp³-hybridized carbons (Fsp3) is 0.273. The zero-order valence-electron chi connectivity index (χ0n) is 15.2. The second-order valence-corrected chi connectivity index (χ2v) is 6.88. The van der Waals surface area contributed by atoms with Gasteiger partial charge < -0.3 is 9.30 Å². The van der Waals surface area contributed by atoms with E-state index in [2.05, 4.69) is 33.9 Å². The number of ether oxygens (including phenoxy) is 1. The maximum absolute atomic E-state index is 13.7. The molecule has 1 aliphatic rings. The van der Waals surface area contributed by atoms with Crippen LogP contribution in [0.1, 0.15) is 29.3 Å². The minimum absolute atomic E-state index is 0.0192. The van der Waals surface area contributed by atoms with E-state index in [-0.39, 0.29) is 6.04 Å². The molecule has 0 spiro atoms. The SMILES string of the molecule is COc1cccc([C@H]2c3cccn3CCCN2Cc2ccc(F)c(F)c2)c1. The van der Waals surface area contributed by atoms with Crippen molar-refractivity contribution in [1.82, 2.24) is 9.47 Å². The summed E-state index contributed by atoms with van der Waals surface area (Å²) in [5.74, 6) is -0.806. The normalized spacial score (nSPS) is 17.4. The Bertz CT molecular complexity index is 938. The van der Waals surface area contributed by atoms with Crippen LogP contribution in [0.4, 0.5) is 8.78 Å². The molecule has 1 aromatic heterocycles. The largest absolute Gasteiger partial charge is 0.497 e. The number of hydrogen-bond acceptors (Lipinski definition) is 2. The summed E-state index contributed by atoms with van der Waals surface area (Å²) in [6, 6.07) is 16.4. The van der Waals surface area contributed by atoms with Gasteiger partial charge in [0.1, 0.15) is 5.75 Å². The van der Waals surface area contributed by atoms with Crippen molar-refractivity contribution < 1.29 is 13.5 Å². The van der Waals surface area contributed by atoms with Crippen molar-refractivity contribution in [2.75, 3.05) is 13.7 Å². The van der Waals surface area contributed by atoms with Gasteiger partial charge in [0.25, 0.3) is 0 Å². The first-order chi connectivity index (χ1) is 13.2. The molecule has 4 rings (SSSR count). The molecule has 27 heavy (non-hydrogen) atoms. The number of aryl methyl sites for hydroxylation is 1. The third kappa shape index (κ3) is 3.60. The van der Waals surface area contributed by atoms with Gasteiger partial charge in [0, 0.05) is 31.5 Å². The molecule has 2 aromatic carbocycles. The van der Waals surface area contributed by atoms with E-state index in [1.165, 1.54) is 17.8 Å². The number of aromatic nitrogens is 1. The zero-order chi connectivity index (χ0) is 18.8. The van der Waals surface area contributed by atoms with Crippen LogP contribution in [0.25, 0.3) is 0 Å². The van der Waals surface area contributed by atoms with Crippen molar-refractivity contribution in [2.24, 2.45) is 0 Å². The number of methoxy groups -OCH3 is 1. The lowest BCUT2D eigenvalue weighted by molar-refractivity contribution is 0.219. The summed E-state index contributed by atoms with van der Waals surface area (Å²) in [6.45, 7) is 2.35. The van der Waals surface area contributed by atoms with Gasteiger partial charge in [-0.25, -0.2) is 8.78 Å². The van der Waals surface area contributed by atoms with Gasteiger partial charge in [-0.3, -0.25) is 4.90 Å². The van der Waals surface area contributed by atoms with E-state index in [4.69, 9.17) is 4.74 Å². The molecule has 3 nitrogen and oxygen atoms in total. The molecule has 0 saturated heterocycles. The predicted octanol–water partition coefficient (Wildman–Crippen LogP) is 4.77. The van der Waals surface area contributed by atoms with E-state index in [1.807, 2.05) is 18.2 Å². The Morgan fingerprint density at radius 3 is 2.70 bits per heavy atom. The molecular weight excluding hydrogens is 346 g/mol. The Balaban J connectivity index is 1.74. The van der Waals surface area contributed by atoms with Gasteiger partial charge in [-0.1, -0.05) is 18.2 Å². The van der Waals surface area contributed by atoms with Gasteiger partial charge >= 0.3 is 0 Å². The summed E-state index contributed by atoms with van der Waals surface area (Å²) in [5, 5.41) is 0. The fourth-order valence-corrected chi connectivity index (χ4v) is 3.88. The second-order valence-electron chi connectivity index (χ2n) is 6.88. The average molecular weight is 368 g/mol. The highest BCUT2D eigenvalue weighted by Gasteiger charge is 2.27. The number of fused-ring (bicyclic) bond motifs is 1. The maximum atomic E-state index is 13.7. The van der Waals surface area contributed by atoms with Crippen LogP contribution in [0, 0.1) is 11.6 Å². The van der Waals surface area contributed by atoms with E-state index in [0.29, 0.717) is 6.54 Å². The summed E-state index contributed by atoms with van der Waals surface area (Å²) in [5.41, 5.74) is 3.09. The molecule has 2 heterocycles. The molecule has 0 fully saturated rings. The Kier molecular flexibility index (Phi) is 4.94. The monoisotopic (exact) mass is 368 g/mol. The van der Waals surface area contributed by atoms with Crippen LogP contribution >= 0.6 is 0 Å². The first kappa shape index (κ1) is 17.7. The lowest BCUT2D eigenvalue weighted by atomic mass is 10.0. The van der Waals surface area contributed by atoms with Crippen LogP contribution < -0.4 is 4.74 Å². The fourth-order valence-electron chi connectivity index (χ4n) is 3.88. The zero-order valence-corrected chi connectivity index (χ0v) is 15.2. The molecular formula is C22H22F2N2O. The maximum Gasteiger partial charge on any atom is 0.159 e. The summed E-state index contributed by atoms with van der Waals surface area (Å²) >= 11 is 0. The van der Waals surface area contributed by atoms with Gasteiger partial charge in [-0.2, -0.15) is 0 Å². The van der Waals surface area contributed by atoms with Gasteiger partial charge in [0.05, 0.1) is 13.2 Å². The van der Waals surface area contributed by atoms with E-state index in [1.54, 1.807) is 13.2 Å². The van der Waals surface area contributed by atoms with Crippen LogP contribution in [0.5, 0.6) is 5.75 Å². The standard InChI is InChI=1S/C22H22F2N2O/c1-27-18-6-2-5-17(14-18)22-21-7-3-10-25(21)11-4-12-26(22)15-16-8-9-19(23)20(24)13-16/h2-3,5-10,13-14,22H,4,11-12,15H2,1H3/t22-/m0/s1. The molecule has 1 atom stereocenters. The van der Waals surface area contributed by atoms with Gasteiger partial charge in [0.2, 0.25) is 0 Å². The second kappa shape index (κ2) is 7.53. The Morgan fingerprint density at radius 2 is 1.89 bits per heavy atom. The quantitative estimate of drug-likeness (QED) is 0.660. The van der Waals surface area contributed by atoms with E-state index in [9.17, 15) is 8.78 Å². The molecule has 140 valence electrons. The Morgan fingerprint density at radius 1 is 1.00 bits per heavy atom. The smallest absolute Gasteiger partial charge is 0.159 e. The molecule has 3 aromatic rings. The predicted molar refractivity (Wildman–Crippen MR) is 101 cm³/mol. The van der Waals surface area contributed by atoms with Crippen LogP contribution in [0.2, 0.25) is 0 Å². The molecule has 0 saturated carbocycles. The first-order valence-electron chi connectivity index (χ1n) is 9.12. The van der Waals surface area contributed by atoms with Crippen molar-refractivity contribution in [2.45, 2.75) is 25.6 Å². The number of hydrogen-bond donors (Lipinski definition) is 0. The lowest BCUT2D eigenvalue weighted by Crippen LogP contribution is -2.29. The van der Waals surface area contributed by atoms with Crippen molar-refractivity contribution in [1.29, 1.82) is 0 Å². The average Bonchev–Trinajstić information content (AvgIpc) is 3.06. The van der Waals surface area contributed by atoms with Crippen LogP contribution in [-0.4, -0.2) is 23.1 Å². The molecule has 0 aliphatic carbocycles. The van der Waals surface area contributed by atoms with Crippen molar-refractivity contribution in [3.8, 4) is 5.75 Å². The van der Waals surface area contributed by atoms with Gasteiger partial charge in [-0.15, -0.1) is 0 Å². The minimum Gasteiger partial charge on any atom is -0.497 e. The highest BCUT2D eigenvalue weighted by atomic mass is 19.2. The Labute approximate surface area is 157 Å². The molecule has 0 bridgehead atoms. The van der Waals surface area contributed by atoms with Crippen molar-refractivity contribution >= 4 is 0 Å². The molecule has 5 heteroatoms. The van der Waals surface area contributed by atoms with Crippen LogP contribution in [0.15, 0.2) is 60.8 Å². The highest BCUT2D eigenvalue weighted by Crippen LogP contribution is 2.34. The van der Waals surface area contributed by atoms with E-state index >= 15 is 0 Å². The summed E-state index contributed by atoms with van der Waals surface area (Å²) in [4.78, 5) is 2.32. The van der Waals surface area contributed by atoms with E-state index < -0.39 is 11.6 Å². The molecule has 1 aliphatic heterocycles. The van der Waals surface area contributed by atoms with Gasteiger partial charge in [-0.05, 0) is 53.9 Å². The topological polar surface area (TPSA) is 17.4 Å². The lowest BCUT2D eigenvalue weighted by Gasteiger charge is -2.31.